The molecule has 1 aliphatic carbocycles. The van der Waals surface area contributed by atoms with Gasteiger partial charge in [0.1, 0.15) is 6.71 Å². The zero-order valence-corrected chi connectivity index (χ0v) is 9.35. The molecule has 1 heteroatoms. The van der Waals surface area contributed by atoms with Crippen LogP contribution in [0, 0.1) is 11.8 Å². The van der Waals surface area contributed by atoms with Crippen LogP contribution in [0.2, 0.25) is 18.5 Å². The molecule has 1 rings (SSSR count). The Morgan fingerprint density at radius 2 is 1.83 bits per heavy atom. The first kappa shape index (κ1) is 10.1. The first-order valence-corrected chi connectivity index (χ1v) is 5.44. The van der Waals surface area contributed by atoms with Gasteiger partial charge in [-0.05, 0) is 5.92 Å². The maximum absolute atomic E-state index is 2.46. The van der Waals surface area contributed by atoms with Gasteiger partial charge in [-0.25, -0.2) is 0 Å². The monoisotopic (exact) mass is 166 g/mol. The van der Waals surface area contributed by atoms with E-state index in [1.54, 1.807) is 0 Å². The van der Waals surface area contributed by atoms with Gasteiger partial charge in [0.25, 0.3) is 0 Å². The highest BCUT2D eigenvalue weighted by Crippen LogP contribution is 2.53. The van der Waals surface area contributed by atoms with Gasteiger partial charge in [0.05, 0.1) is 0 Å². The Bertz CT molecular complexity index is 145. The number of rotatable bonds is 4. The van der Waals surface area contributed by atoms with Gasteiger partial charge < -0.3 is 0 Å². The van der Waals surface area contributed by atoms with Crippen LogP contribution in [0.4, 0.5) is 0 Å². The summed E-state index contributed by atoms with van der Waals surface area (Å²) in [5, 5.41) is 0.601. The van der Waals surface area contributed by atoms with E-state index in [2.05, 4.69) is 34.5 Å². The van der Waals surface area contributed by atoms with E-state index < -0.39 is 0 Å². The van der Waals surface area contributed by atoms with Crippen molar-refractivity contribution in [1.82, 2.24) is 0 Å². The molecule has 0 spiro atoms. The zero-order chi connectivity index (χ0) is 9.35. The van der Waals surface area contributed by atoms with E-state index in [-0.39, 0.29) is 0 Å². The summed E-state index contributed by atoms with van der Waals surface area (Å²) >= 11 is 0. The quantitative estimate of drug-likeness (QED) is 0.554. The summed E-state index contributed by atoms with van der Waals surface area (Å²) in [6, 6.07) is 0. The smallest absolute Gasteiger partial charge is 0.0856 e. The molecule has 0 aromatic rings. The molecule has 0 aromatic carbocycles. The van der Waals surface area contributed by atoms with Crippen LogP contribution in [0.3, 0.4) is 0 Å². The minimum Gasteiger partial charge on any atom is -0.0856 e. The van der Waals surface area contributed by atoms with Crippen LogP contribution in [-0.4, -0.2) is 6.71 Å². The van der Waals surface area contributed by atoms with Crippen molar-refractivity contribution in [3.63, 3.8) is 0 Å². The lowest BCUT2D eigenvalue weighted by Crippen LogP contribution is -2.27. The predicted octanol–water partition coefficient (Wildman–Crippen LogP) is 3.96. The molecule has 0 nitrogen and oxygen atoms in total. The van der Waals surface area contributed by atoms with E-state index in [9.17, 15) is 0 Å². The first-order chi connectivity index (χ1) is 5.44. The fraction of sp³-hybridized carbons (Fsp3) is 1.00. The van der Waals surface area contributed by atoms with Gasteiger partial charge in [-0.15, -0.1) is 0 Å². The minimum absolute atomic E-state index is 0.601. The van der Waals surface area contributed by atoms with Crippen molar-refractivity contribution < 1.29 is 0 Å². The molecule has 0 saturated heterocycles. The molecule has 1 saturated carbocycles. The van der Waals surface area contributed by atoms with Gasteiger partial charge in [-0.2, -0.15) is 0 Å². The Balaban J connectivity index is 2.43. The van der Waals surface area contributed by atoms with Gasteiger partial charge in [-0.1, -0.05) is 64.9 Å². The lowest BCUT2D eigenvalue weighted by molar-refractivity contribution is 0.559. The highest BCUT2D eigenvalue weighted by molar-refractivity contribution is 6.60. The molecule has 0 amide bonds. The van der Waals surface area contributed by atoms with Crippen molar-refractivity contribution in [3.05, 3.63) is 0 Å². The number of hydrogen-bond acceptors (Lipinski definition) is 0. The van der Waals surface area contributed by atoms with Crippen LogP contribution in [0.25, 0.3) is 0 Å². The van der Waals surface area contributed by atoms with Crippen LogP contribution in [0.15, 0.2) is 0 Å². The van der Waals surface area contributed by atoms with Crippen molar-refractivity contribution in [3.8, 4) is 0 Å². The highest BCUT2D eigenvalue weighted by atomic mass is 14.4. The molecule has 12 heavy (non-hydrogen) atoms. The third kappa shape index (κ3) is 2.28. The molecule has 1 fully saturated rings. The second-order valence-electron chi connectivity index (χ2n) is 5.63. The molecule has 0 aromatic heterocycles. The topological polar surface area (TPSA) is 0 Å². The van der Waals surface area contributed by atoms with Gasteiger partial charge in [0.15, 0.2) is 0 Å². The predicted molar refractivity (Wildman–Crippen MR) is 58.0 cm³/mol. The van der Waals surface area contributed by atoms with E-state index in [0.717, 1.165) is 18.5 Å². The number of hydrogen-bond donors (Lipinski definition) is 0. The van der Waals surface area contributed by atoms with E-state index in [1.165, 1.54) is 19.2 Å². The minimum atomic E-state index is 0.601. The van der Waals surface area contributed by atoms with Crippen LogP contribution < -0.4 is 0 Å². The maximum atomic E-state index is 2.46. The largest absolute Gasteiger partial charge is 0.143 e. The second-order valence-corrected chi connectivity index (χ2v) is 5.63. The van der Waals surface area contributed by atoms with E-state index in [0.29, 0.717) is 5.31 Å². The summed E-state index contributed by atoms with van der Waals surface area (Å²) in [5.74, 6) is 1.89. The molecule has 1 aliphatic rings. The normalized spacial score (nSPS) is 18.5. The third-order valence-electron chi connectivity index (χ3n) is 3.72. The molecule has 0 N–H and O–H groups in total. The summed E-state index contributed by atoms with van der Waals surface area (Å²) in [4.78, 5) is 0. The summed E-state index contributed by atoms with van der Waals surface area (Å²) in [5.41, 5.74) is 0. The lowest BCUT2D eigenvalue weighted by Gasteiger charge is -2.30. The SMILES string of the molecule is CB(CC(C)C)C(C)(C)C1CC1. The van der Waals surface area contributed by atoms with Crippen LogP contribution >= 0.6 is 0 Å². The Morgan fingerprint density at radius 3 is 2.17 bits per heavy atom. The summed E-state index contributed by atoms with van der Waals surface area (Å²) in [6.45, 7) is 12.9. The van der Waals surface area contributed by atoms with E-state index in [1.807, 2.05) is 0 Å². The van der Waals surface area contributed by atoms with Gasteiger partial charge in [0, 0.05) is 0 Å². The molecule has 0 unspecified atom stereocenters. The molecule has 0 heterocycles. The fourth-order valence-electron chi connectivity index (χ4n) is 2.24. The summed E-state index contributed by atoms with van der Waals surface area (Å²) in [6.07, 6.45) is 4.36. The lowest BCUT2D eigenvalue weighted by atomic mass is 9.31. The maximum Gasteiger partial charge on any atom is 0.143 e. The Morgan fingerprint density at radius 1 is 1.33 bits per heavy atom. The van der Waals surface area contributed by atoms with Gasteiger partial charge >= 0.3 is 0 Å². The molecule has 0 atom stereocenters. The van der Waals surface area contributed by atoms with Gasteiger partial charge in [0.2, 0.25) is 0 Å². The van der Waals surface area contributed by atoms with Crippen molar-refractivity contribution in [2.24, 2.45) is 11.8 Å². The average Bonchev–Trinajstić information content (AvgIpc) is 2.65. The second kappa shape index (κ2) is 3.43. The molecule has 0 bridgehead atoms. The average molecular weight is 166 g/mol. The Labute approximate surface area is 78.2 Å². The van der Waals surface area contributed by atoms with Crippen LogP contribution in [0.5, 0.6) is 0 Å². The highest BCUT2D eigenvalue weighted by Gasteiger charge is 2.42. The molecule has 70 valence electrons. The van der Waals surface area contributed by atoms with Crippen LogP contribution in [0.1, 0.15) is 40.5 Å². The van der Waals surface area contributed by atoms with Crippen molar-refractivity contribution in [2.75, 3.05) is 0 Å². The first-order valence-electron chi connectivity index (χ1n) is 5.44. The summed E-state index contributed by atoms with van der Waals surface area (Å²) < 4.78 is 0. The van der Waals surface area contributed by atoms with Gasteiger partial charge in [-0.3, -0.25) is 0 Å². The molecular formula is C11H23B. The van der Waals surface area contributed by atoms with Crippen molar-refractivity contribution in [1.29, 1.82) is 0 Å². The summed E-state index contributed by atoms with van der Waals surface area (Å²) in [7, 11) is 0. The standard InChI is InChI=1S/C11H23B/c1-9(2)8-12(5)11(3,4)10-6-7-10/h9-10H,6-8H2,1-5H3. The zero-order valence-electron chi connectivity index (χ0n) is 9.35. The Hall–Kier alpha value is 0.0649. The Kier molecular flexibility index (Phi) is 2.90. The van der Waals surface area contributed by atoms with E-state index >= 15 is 0 Å². The van der Waals surface area contributed by atoms with Crippen molar-refractivity contribution in [2.45, 2.75) is 59.0 Å². The molecule has 0 aliphatic heterocycles. The van der Waals surface area contributed by atoms with Crippen molar-refractivity contribution >= 4 is 6.71 Å². The molecular weight excluding hydrogens is 143 g/mol. The van der Waals surface area contributed by atoms with Crippen LogP contribution in [-0.2, 0) is 0 Å². The third-order valence-corrected chi connectivity index (χ3v) is 3.72. The van der Waals surface area contributed by atoms with E-state index in [4.69, 9.17) is 0 Å². The molecule has 0 radical (unpaired) electrons. The fourth-order valence-corrected chi connectivity index (χ4v) is 2.24.